The summed E-state index contributed by atoms with van der Waals surface area (Å²) in [7, 11) is 3.67. The Balaban J connectivity index is 1.66. The second-order valence-corrected chi connectivity index (χ2v) is 9.48. The van der Waals surface area contributed by atoms with Gasteiger partial charge in [0.1, 0.15) is 17.4 Å². The minimum absolute atomic E-state index is 0.0239. The minimum atomic E-state index is -0.332. The molecule has 8 heteroatoms. The maximum absolute atomic E-state index is 13.7. The number of hydrogen-bond acceptors (Lipinski definition) is 7. The van der Waals surface area contributed by atoms with E-state index in [1.54, 1.807) is 30.6 Å². The topological polar surface area (TPSA) is 88.0 Å². The maximum Gasteiger partial charge on any atom is 0.259 e. The zero-order valence-corrected chi connectivity index (χ0v) is 21.3. The predicted octanol–water partition coefficient (Wildman–Crippen LogP) is 3.50. The largest absolute Gasteiger partial charge is 0.497 e. The smallest absolute Gasteiger partial charge is 0.259 e. The summed E-state index contributed by atoms with van der Waals surface area (Å²) in [4.78, 5) is 26.3. The molecule has 2 aromatic heterocycles. The first-order valence-electron chi connectivity index (χ1n) is 12.2. The van der Waals surface area contributed by atoms with E-state index in [4.69, 9.17) is 9.47 Å². The number of ether oxygens (including phenoxy) is 2. The minimum Gasteiger partial charge on any atom is -0.497 e. The highest BCUT2D eigenvalue weighted by Crippen LogP contribution is 2.31. The van der Waals surface area contributed by atoms with Gasteiger partial charge in [-0.25, -0.2) is 4.98 Å². The van der Waals surface area contributed by atoms with Crippen LogP contribution >= 0.6 is 0 Å². The van der Waals surface area contributed by atoms with Crippen LogP contribution in [0.3, 0.4) is 0 Å². The van der Waals surface area contributed by atoms with E-state index in [1.165, 1.54) is 0 Å². The number of likely N-dealkylation sites (N-methyl/N-ethyl adjacent to an activating group) is 1. The highest BCUT2D eigenvalue weighted by molar-refractivity contribution is 5.98. The molecule has 0 unspecified atom stereocenters. The number of hydrogen-bond donors (Lipinski definition) is 1. The molecule has 0 fully saturated rings. The van der Waals surface area contributed by atoms with E-state index in [0.29, 0.717) is 24.5 Å². The molecule has 3 heterocycles. The van der Waals surface area contributed by atoms with Crippen LogP contribution in [0.4, 0.5) is 0 Å². The number of amides is 1. The number of benzene rings is 1. The second kappa shape index (κ2) is 11.5. The molecule has 8 nitrogen and oxygen atoms in total. The van der Waals surface area contributed by atoms with Crippen molar-refractivity contribution in [3.8, 4) is 22.8 Å². The quantitative estimate of drug-likeness (QED) is 0.517. The van der Waals surface area contributed by atoms with E-state index in [-0.39, 0.29) is 30.6 Å². The fourth-order valence-electron chi connectivity index (χ4n) is 4.45. The molecule has 36 heavy (non-hydrogen) atoms. The van der Waals surface area contributed by atoms with Crippen LogP contribution in [0.1, 0.15) is 29.8 Å². The Hall–Kier alpha value is -3.49. The molecule has 190 valence electrons. The van der Waals surface area contributed by atoms with Gasteiger partial charge in [0.2, 0.25) is 5.88 Å². The summed E-state index contributed by atoms with van der Waals surface area (Å²) in [5.41, 5.74) is 3.24. The highest BCUT2D eigenvalue weighted by atomic mass is 16.5. The lowest BCUT2D eigenvalue weighted by molar-refractivity contribution is 0.0325. The predicted molar refractivity (Wildman–Crippen MR) is 138 cm³/mol. The van der Waals surface area contributed by atoms with Gasteiger partial charge >= 0.3 is 0 Å². The number of fused-ring (bicyclic) bond motifs is 1. The first kappa shape index (κ1) is 25.6. The van der Waals surface area contributed by atoms with Crippen LogP contribution < -0.4 is 9.47 Å². The van der Waals surface area contributed by atoms with Crippen molar-refractivity contribution in [2.75, 3.05) is 33.9 Å². The zero-order valence-electron chi connectivity index (χ0n) is 21.3. The molecule has 0 aliphatic carbocycles. The molecule has 0 saturated heterocycles. The summed E-state index contributed by atoms with van der Waals surface area (Å²) in [5.74, 6) is 0.870. The maximum atomic E-state index is 13.7. The summed E-state index contributed by atoms with van der Waals surface area (Å²) in [6, 6.07) is 13.1. The van der Waals surface area contributed by atoms with Crippen molar-refractivity contribution >= 4 is 5.91 Å². The molecule has 0 bridgehead atoms. The number of methoxy groups -OCH3 is 1. The Labute approximate surface area is 212 Å². The van der Waals surface area contributed by atoms with Crippen LogP contribution in [0.15, 0.2) is 61.1 Å². The molecule has 4 rings (SSSR count). The van der Waals surface area contributed by atoms with Gasteiger partial charge in [0.05, 0.1) is 19.8 Å². The van der Waals surface area contributed by atoms with Gasteiger partial charge in [-0.05, 0) is 55.4 Å². The Morgan fingerprint density at radius 3 is 2.72 bits per heavy atom. The lowest BCUT2D eigenvalue weighted by atomic mass is 9.99. The number of aromatic nitrogens is 2. The number of aliphatic hydroxyl groups is 1. The Kier molecular flexibility index (Phi) is 8.18. The number of nitrogens with zero attached hydrogens (tertiary/aromatic N) is 4. The van der Waals surface area contributed by atoms with Gasteiger partial charge in [-0.15, -0.1) is 0 Å². The van der Waals surface area contributed by atoms with E-state index in [0.717, 1.165) is 29.0 Å². The van der Waals surface area contributed by atoms with Gasteiger partial charge in [0.25, 0.3) is 5.91 Å². The van der Waals surface area contributed by atoms with Crippen LogP contribution in [0, 0.1) is 5.92 Å². The molecule has 1 aliphatic heterocycles. The lowest BCUT2D eigenvalue weighted by Crippen LogP contribution is -2.49. The molecule has 1 aliphatic rings. The van der Waals surface area contributed by atoms with Crippen molar-refractivity contribution in [2.24, 2.45) is 5.92 Å². The molecule has 1 amide bonds. The summed E-state index contributed by atoms with van der Waals surface area (Å²) in [6.45, 7) is 5.68. The number of rotatable bonds is 8. The van der Waals surface area contributed by atoms with E-state index in [1.807, 2.05) is 49.4 Å². The number of carbonyl (C=O) groups excluding carboxylic acids is 1. The van der Waals surface area contributed by atoms with E-state index >= 15 is 0 Å². The van der Waals surface area contributed by atoms with E-state index in [2.05, 4.69) is 28.8 Å². The molecule has 1 N–H and O–H groups in total. The van der Waals surface area contributed by atoms with Crippen LogP contribution in [0.25, 0.3) is 11.1 Å². The summed E-state index contributed by atoms with van der Waals surface area (Å²) < 4.78 is 11.8. The van der Waals surface area contributed by atoms with Crippen LogP contribution in [-0.4, -0.2) is 76.8 Å². The average molecular weight is 491 g/mol. The SMILES string of the molecule is COc1cccc(-c2cnc3c(c2)C(=O)N([C@H](C)CO)C[C@@H](C)[C@@H](CN(C)Cc2ccncc2)O3)c1. The van der Waals surface area contributed by atoms with Gasteiger partial charge in [-0.1, -0.05) is 19.1 Å². The molecule has 1 aromatic carbocycles. The standard InChI is InChI=1S/C28H34N4O4/c1-19-15-32(20(2)18-33)28(34)25-13-23(22-6-5-7-24(12-22)35-4)14-30-27(25)36-26(19)17-31(3)16-21-8-10-29-11-9-21/h5-14,19-20,26,33H,15-18H2,1-4H3/t19-,20-,26-/m1/s1. The third-order valence-electron chi connectivity index (χ3n) is 6.62. The lowest BCUT2D eigenvalue weighted by Gasteiger charge is -2.37. The fraction of sp³-hybridized carbons (Fsp3) is 0.393. The molecule has 3 aromatic rings. The normalized spacial score (nSPS) is 18.7. The first-order valence-corrected chi connectivity index (χ1v) is 12.2. The zero-order chi connectivity index (χ0) is 25.7. The Bertz CT molecular complexity index is 1170. The van der Waals surface area contributed by atoms with Crippen molar-refractivity contribution in [2.45, 2.75) is 32.5 Å². The third-order valence-corrected chi connectivity index (χ3v) is 6.62. The highest BCUT2D eigenvalue weighted by Gasteiger charge is 2.34. The van der Waals surface area contributed by atoms with E-state index < -0.39 is 0 Å². The molecule has 0 radical (unpaired) electrons. The van der Waals surface area contributed by atoms with Crippen molar-refractivity contribution in [3.63, 3.8) is 0 Å². The molecular formula is C28H34N4O4. The number of pyridine rings is 2. The van der Waals surface area contributed by atoms with Gasteiger partial charge in [0, 0.05) is 49.7 Å². The Morgan fingerprint density at radius 1 is 1.22 bits per heavy atom. The van der Waals surface area contributed by atoms with Crippen LogP contribution in [-0.2, 0) is 6.54 Å². The van der Waals surface area contributed by atoms with Gasteiger partial charge in [-0.2, -0.15) is 0 Å². The van der Waals surface area contributed by atoms with Gasteiger partial charge in [0.15, 0.2) is 0 Å². The van der Waals surface area contributed by atoms with Crippen molar-refractivity contribution in [1.82, 2.24) is 19.8 Å². The summed E-state index contributed by atoms with van der Waals surface area (Å²) >= 11 is 0. The summed E-state index contributed by atoms with van der Waals surface area (Å²) in [6.07, 6.45) is 5.10. The van der Waals surface area contributed by atoms with E-state index in [9.17, 15) is 9.90 Å². The van der Waals surface area contributed by atoms with Crippen LogP contribution in [0.2, 0.25) is 0 Å². The fourth-order valence-corrected chi connectivity index (χ4v) is 4.45. The number of carbonyl (C=O) groups is 1. The third kappa shape index (κ3) is 5.83. The summed E-state index contributed by atoms with van der Waals surface area (Å²) in [5, 5.41) is 9.90. The molecule has 0 spiro atoms. The molecule has 0 saturated carbocycles. The molecule has 3 atom stereocenters. The van der Waals surface area contributed by atoms with Crippen molar-refractivity contribution in [1.29, 1.82) is 0 Å². The number of aliphatic hydroxyl groups excluding tert-OH is 1. The second-order valence-electron chi connectivity index (χ2n) is 9.48. The first-order chi connectivity index (χ1) is 17.4. The van der Waals surface area contributed by atoms with Gasteiger partial charge < -0.3 is 19.5 Å². The van der Waals surface area contributed by atoms with Crippen LogP contribution in [0.5, 0.6) is 11.6 Å². The monoisotopic (exact) mass is 490 g/mol. The van der Waals surface area contributed by atoms with Gasteiger partial charge in [-0.3, -0.25) is 14.7 Å². The molecular weight excluding hydrogens is 456 g/mol. The Morgan fingerprint density at radius 2 is 2.00 bits per heavy atom. The average Bonchev–Trinajstić information content (AvgIpc) is 2.90. The van der Waals surface area contributed by atoms with Crippen molar-refractivity contribution < 1.29 is 19.4 Å². The van der Waals surface area contributed by atoms with Crippen molar-refractivity contribution in [3.05, 3.63) is 72.2 Å².